The smallest absolute Gasteiger partial charge is 0.227 e. The second kappa shape index (κ2) is 5.85. The first-order valence-corrected chi connectivity index (χ1v) is 7.81. The molecule has 0 radical (unpaired) electrons. The molecule has 5 heteroatoms. The number of aryl methyl sites for hydroxylation is 1. The van der Waals surface area contributed by atoms with E-state index < -0.39 is 0 Å². The molecule has 2 atom stereocenters. The zero-order chi connectivity index (χ0) is 14.8. The summed E-state index contributed by atoms with van der Waals surface area (Å²) in [6, 6.07) is 7.78. The van der Waals surface area contributed by atoms with Gasteiger partial charge in [0.05, 0.1) is 0 Å². The van der Waals surface area contributed by atoms with Crippen molar-refractivity contribution in [3.63, 3.8) is 0 Å². The van der Waals surface area contributed by atoms with Crippen molar-refractivity contribution in [1.82, 2.24) is 9.97 Å². The summed E-state index contributed by atoms with van der Waals surface area (Å²) in [7, 11) is 0. The normalized spacial score (nSPS) is 20.1. The maximum Gasteiger partial charge on any atom is 0.227 e. The number of benzene rings is 1. The molecule has 2 aromatic rings. The van der Waals surface area contributed by atoms with Crippen LogP contribution in [0, 0.1) is 18.8 Å². The molecule has 1 aromatic heterocycles. The summed E-state index contributed by atoms with van der Waals surface area (Å²) in [5, 5.41) is 3.74. The first kappa shape index (κ1) is 14.1. The Morgan fingerprint density at radius 2 is 2.05 bits per heavy atom. The van der Waals surface area contributed by atoms with E-state index in [-0.39, 0.29) is 11.8 Å². The van der Waals surface area contributed by atoms with Gasteiger partial charge in [0.15, 0.2) is 5.16 Å². The van der Waals surface area contributed by atoms with Crippen LogP contribution in [0.3, 0.4) is 0 Å². The highest BCUT2D eigenvalue weighted by atomic mass is 32.2. The van der Waals surface area contributed by atoms with Crippen molar-refractivity contribution in [2.45, 2.75) is 30.3 Å². The number of nitrogens with one attached hydrogen (secondary N) is 1. The fourth-order valence-corrected chi connectivity index (χ4v) is 3.01. The van der Waals surface area contributed by atoms with Crippen LogP contribution < -0.4 is 5.32 Å². The van der Waals surface area contributed by atoms with E-state index in [1.54, 1.807) is 18.5 Å². The summed E-state index contributed by atoms with van der Waals surface area (Å²) in [6.07, 6.45) is 4.46. The molecular weight excluding hydrogens is 282 g/mol. The molecule has 0 saturated heterocycles. The summed E-state index contributed by atoms with van der Waals surface area (Å²) in [4.78, 5) is 21.4. The molecule has 1 aliphatic rings. The molecule has 1 heterocycles. The Hall–Kier alpha value is -1.88. The molecule has 1 saturated carbocycles. The van der Waals surface area contributed by atoms with Gasteiger partial charge in [0, 0.05) is 28.9 Å². The maximum atomic E-state index is 12.0. The third-order valence-electron chi connectivity index (χ3n) is 3.65. The molecule has 1 N–H and O–H groups in total. The van der Waals surface area contributed by atoms with Crippen LogP contribution >= 0.6 is 11.8 Å². The topological polar surface area (TPSA) is 54.9 Å². The van der Waals surface area contributed by atoms with Gasteiger partial charge in [0.2, 0.25) is 5.91 Å². The average molecular weight is 299 g/mol. The van der Waals surface area contributed by atoms with Gasteiger partial charge < -0.3 is 5.32 Å². The van der Waals surface area contributed by atoms with E-state index in [0.717, 1.165) is 27.7 Å². The number of nitrogens with zero attached hydrogens (tertiary/aromatic N) is 2. The number of amides is 1. The quantitative estimate of drug-likeness (QED) is 0.877. The fourth-order valence-electron chi connectivity index (χ4n) is 2.20. The van der Waals surface area contributed by atoms with Gasteiger partial charge in [-0.3, -0.25) is 4.79 Å². The van der Waals surface area contributed by atoms with E-state index in [1.807, 2.05) is 25.1 Å². The van der Waals surface area contributed by atoms with Crippen molar-refractivity contribution in [2.75, 3.05) is 5.32 Å². The molecule has 0 spiro atoms. The number of aromatic nitrogens is 2. The Labute approximate surface area is 128 Å². The predicted octanol–water partition coefficient (Wildman–Crippen LogP) is 3.53. The van der Waals surface area contributed by atoms with Gasteiger partial charge in [0.1, 0.15) is 0 Å². The summed E-state index contributed by atoms with van der Waals surface area (Å²) < 4.78 is 0. The van der Waals surface area contributed by atoms with Gasteiger partial charge in [0.25, 0.3) is 0 Å². The van der Waals surface area contributed by atoms with Crippen LogP contribution in [0.4, 0.5) is 5.69 Å². The van der Waals surface area contributed by atoms with Crippen molar-refractivity contribution in [3.05, 3.63) is 42.2 Å². The van der Waals surface area contributed by atoms with Gasteiger partial charge in [-0.05, 0) is 60.9 Å². The van der Waals surface area contributed by atoms with E-state index in [0.29, 0.717) is 5.92 Å². The lowest BCUT2D eigenvalue weighted by Crippen LogP contribution is -2.15. The minimum atomic E-state index is 0.136. The van der Waals surface area contributed by atoms with Crippen LogP contribution in [-0.4, -0.2) is 15.9 Å². The van der Waals surface area contributed by atoms with Crippen molar-refractivity contribution in [1.29, 1.82) is 0 Å². The Balaban J connectivity index is 1.69. The molecule has 0 unspecified atom stereocenters. The highest BCUT2D eigenvalue weighted by Crippen LogP contribution is 2.38. The zero-order valence-electron chi connectivity index (χ0n) is 12.0. The predicted molar refractivity (Wildman–Crippen MR) is 83.2 cm³/mol. The maximum absolute atomic E-state index is 12.0. The molecule has 0 bridgehead atoms. The van der Waals surface area contributed by atoms with Crippen LogP contribution in [-0.2, 0) is 4.79 Å². The van der Waals surface area contributed by atoms with Crippen LogP contribution in [0.1, 0.15) is 18.9 Å². The lowest BCUT2D eigenvalue weighted by Gasteiger charge is -2.09. The van der Waals surface area contributed by atoms with E-state index in [4.69, 9.17) is 0 Å². The van der Waals surface area contributed by atoms with Gasteiger partial charge in [-0.15, -0.1) is 0 Å². The first-order valence-electron chi connectivity index (χ1n) is 7.00. The molecule has 1 fully saturated rings. The molecule has 4 nitrogen and oxygen atoms in total. The van der Waals surface area contributed by atoms with Crippen molar-refractivity contribution >= 4 is 23.4 Å². The second-order valence-corrected chi connectivity index (χ2v) is 6.46. The second-order valence-electron chi connectivity index (χ2n) is 5.42. The Morgan fingerprint density at radius 3 is 2.67 bits per heavy atom. The molecule has 108 valence electrons. The third kappa shape index (κ3) is 3.42. The minimum absolute atomic E-state index is 0.136. The van der Waals surface area contributed by atoms with Crippen LogP contribution in [0.2, 0.25) is 0 Å². The SMILES string of the molecule is Cc1cc(Sc2ncccn2)ccc1NC(=O)[C@H]1C[C@@H]1C. The number of hydrogen-bond acceptors (Lipinski definition) is 4. The standard InChI is InChI=1S/C16H17N3OS/c1-10-9-13(10)15(20)19-14-5-4-12(8-11(14)2)21-16-17-6-3-7-18-16/h3-8,10,13H,9H2,1-2H3,(H,19,20)/t10-,13-/m0/s1. The fraction of sp³-hybridized carbons (Fsp3) is 0.312. The Bertz CT molecular complexity index is 660. The number of hydrogen-bond donors (Lipinski definition) is 1. The lowest BCUT2D eigenvalue weighted by molar-refractivity contribution is -0.117. The highest BCUT2D eigenvalue weighted by Gasteiger charge is 2.39. The van der Waals surface area contributed by atoms with E-state index in [1.165, 1.54) is 11.8 Å². The van der Waals surface area contributed by atoms with Crippen molar-refractivity contribution in [2.24, 2.45) is 11.8 Å². The third-order valence-corrected chi connectivity index (χ3v) is 4.54. The molecule has 3 rings (SSSR count). The zero-order valence-corrected chi connectivity index (χ0v) is 12.9. The lowest BCUT2D eigenvalue weighted by atomic mass is 10.2. The van der Waals surface area contributed by atoms with Gasteiger partial charge in [-0.1, -0.05) is 6.92 Å². The molecule has 1 amide bonds. The van der Waals surface area contributed by atoms with E-state index >= 15 is 0 Å². The molecule has 1 aromatic carbocycles. The highest BCUT2D eigenvalue weighted by molar-refractivity contribution is 7.99. The van der Waals surface area contributed by atoms with Gasteiger partial charge in [-0.2, -0.15) is 0 Å². The molecule has 0 aliphatic heterocycles. The van der Waals surface area contributed by atoms with Gasteiger partial charge >= 0.3 is 0 Å². The van der Waals surface area contributed by atoms with E-state index in [2.05, 4.69) is 22.2 Å². The molecule has 21 heavy (non-hydrogen) atoms. The summed E-state index contributed by atoms with van der Waals surface area (Å²) in [5.74, 6) is 0.851. The monoisotopic (exact) mass is 299 g/mol. The van der Waals surface area contributed by atoms with Crippen LogP contribution in [0.15, 0.2) is 46.7 Å². The largest absolute Gasteiger partial charge is 0.326 e. The number of anilines is 1. The van der Waals surface area contributed by atoms with Crippen LogP contribution in [0.5, 0.6) is 0 Å². The Kier molecular flexibility index (Phi) is 3.92. The first-order chi connectivity index (χ1) is 10.1. The number of carbonyl (C=O) groups is 1. The summed E-state index contributed by atoms with van der Waals surface area (Å²) in [6.45, 7) is 4.11. The average Bonchev–Trinajstić information content (AvgIpc) is 3.20. The number of rotatable bonds is 4. The van der Waals surface area contributed by atoms with Crippen molar-refractivity contribution in [3.8, 4) is 0 Å². The van der Waals surface area contributed by atoms with Gasteiger partial charge in [-0.25, -0.2) is 9.97 Å². The van der Waals surface area contributed by atoms with E-state index in [9.17, 15) is 4.79 Å². The minimum Gasteiger partial charge on any atom is -0.326 e. The number of carbonyl (C=O) groups excluding carboxylic acids is 1. The van der Waals surface area contributed by atoms with Crippen LogP contribution in [0.25, 0.3) is 0 Å². The molecule has 1 aliphatic carbocycles. The molecular formula is C16H17N3OS. The Morgan fingerprint density at radius 1 is 1.33 bits per heavy atom. The van der Waals surface area contributed by atoms with Crippen molar-refractivity contribution < 1.29 is 4.79 Å². The summed E-state index contributed by atoms with van der Waals surface area (Å²) in [5.41, 5.74) is 1.94. The summed E-state index contributed by atoms with van der Waals surface area (Å²) >= 11 is 1.51.